The number of rotatable bonds is 1. The van der Waals surface area contributed by atoms with E-state index >= 15 is 0 Å². The highest BCUT2D eigenvalue weighted by molar-refractivity contribution is 6.17. The van der Waals surface area contributed by atoms with Gasteiger partial charge in [-0.3, -0.25) is 0 Å². The van der Waals surface area contributed by atoms with Crippen molar-refractivity contribution in [1.82, 2.24) is 0 Å². The average Bonchev–Trinajstić information content (AvgIpc) is 1.94. The van der Waals surface area contributed by atoms with Crippen LogP contribution in [0.25, 0.3) is 0 Å². The van der Waals surface area contributed by atoms with Crippen LogP contribution in [-0.2, 0) is 5.88 Å². The van der Waals surface area contributed by atoms with Crippen LogP contribution in [0.3, 0.4) is 0 Å². The summed E-state index contributed by atoms with van der Waals surface area (Å²) in [5.74, 6) is 0.0219. The van der Waals surface area contributed by atoms with Gasteiger partial charge in [-0.05, 0) is 13.0 Å². The van der Waals surface area contributed by atoms with Gasteiger partial charge in [0.15, 0.2) is 0 Å². The predicted octanol–water partition coefficient (Wildman–Crippen LogP) is 2.87. The highest BCUT2D eigenvalue weighted by Crippen LogP contribution is 2.11. The summed E-state index contributed by atoms with van der Waals surface area (Å²) >= 11 is 5.46. The maximum atomic E-state index is 12.7. The first-order chi connectivity index (χ1) is 4.74. The molecule has 0 atom stereocenters. The lowest BCUT2D eigenvalue weighted by Crippen LogP contribution is -1.85. The molecule has 0 radical (unpaired) electrons. The Bertz CT molecular complexity index is 233. The highest BCUT2D eigenvalue weighted by Gasteiger charge is 1.98. The van der Waals surface area contributed by atoms with Crippen molar-refractivity contribution >= 4 is 11.6 Å². The summed E-state index contributed by atoms with van der Waals surface area (Å²) < 4.78 is 12.7. The first-order valence-electron chi connectivity index (χ1n) is 3.05. The second-order valence-electron chi connectivity index (χ2n) is 2.23. The molecule has 0 amide bonds. The fourth-order valence-electron chi connectivity index (χ4n) is 0.806. The lowest BCUT2D eigenvalue weighted by molar-refractivity contribution is 0.616. The third-order valence-corrected chi connectivity index (χ3v) is 1.63. The third-order valence-electron chi connectivity index (χ3n) is 1.35. The van der Waals surface area contributed by atoms with Crippen molar-refractivity contribution in [2.24, 2.45) is 0 Å². The SMILES string of the molecule is Cc1ccc(F)c(CCl)c1. The van der Waals surface area contributed by atoms with Gasteiger partial charge in [-0.1, -0.05) is 17.7 Å². The van der Waals surface area contributed by atoms with Gasteiger partial charge in [0.25, 0.3) is 0 Å². The van der Waals surface area contributed by atoms with E-state index in [2.05, 4.69) is 0 Å². The standard InChI is InChI=1S/C8H8ClF/c1-6-2-3-8(10)7(4-6)5-9/h2-4H,5H2,1H3. The van der Waals surface area contributed by atoms with Crippen LogP contribution in [0, 0.1) is 12.7 Å². The van der Waals surface area contributed by atoms with Gasteiger partial charge < -0.3 is 0 Å². The van der Waals surface area contributed by atoms with Gasteiger partial charge in [0.2, 0.25) is 0 Å². The largest absolute Gasteiger partial charge is 0.207 e. The van der Waals surface area contributed by atoms with Gasteiger partial charge in [0.05, 0.1) is 5.88 Å². The molecule has 0 nitrogen and oxygen atoms in total. The maximum absolute atomic E-state index is 12.7. The van der Waals surface area contributed by atoms with Crippen LogP contribution < -0.4 is 0 Å². The summed E-state index contributed by atoms with van der Waals surface area (Å²) in [6, 6.07) is 4.92. The molecule has 0 aliphatic rings. The minimum Gasteiger partial charge on any atom is -0.207 e. The molecule has 0 N–H and O–H groups in total. The Balaban J connectivity index is 3.09. The number of benzene rings is 1. The van der Waals surface area contributed by atoms with E-state index in [1.165, 1.54) is 6.07 Å². The molecule has 1 aromatic carbocycles. The first-order valence-corrected chi connectivity index (χ1v) is 3.58. The number of aryl methyl sites for hydroxylation is 1. The second-order valence-corrected chi connectivity index (χ2v) is 2.50. The third kappa shape index (κ3) is 1.48. The van der Waals surface area contributed by atoms with E-state index in [4.69, 9.17) is 11.6 Å². The molecule has 2 heteroatoms. The number of halogens is 2. The zero-order valence-electron chi connectivity index (χ0n) is 5.70. The zero-order chi connectivity index (χ0) is 7.56. The van der Waals surface area contributed by atoms with Gasteiger partial charge in [-0.25, -0.2) is 4.39 Å². The molecule has 1 aromatic rings. The van der Waals surface area contributed by atoms with Crippen molar-refractivity contribution < 1.29 is 4.39 Å². The monoisotopic (exact) mass is 158 g/mol. The van der Waals surface area contributed by atoms with Crippen LogP contribution in [0.1, 0.15) is 11.1 Å². The van der Waals surface area contributed by atoms with E-state index in [9.17, 15) is 4.39 Å². The topological polar surface area (TPSA) is 0 Å². The van der Waals surface area contributed by atoms with E-state index in [-0.39, 0.29) is 11.7 Å². The zero-order valence-corrected chi connectivity index (χ0v) is 6.45. The van der Waals surface area contributed by atoms with Crippen molar-refractivity contribution in [3.63, 3.8) is 0 Å². The van der Waals surface area contributed by atoms with E-state index in [1.807, 2.05) is 6.92 Å². The van der Waals surface area contributed by atoms with E-state index < -0.39 is 0 Å². The van der Waals surface area contributed by atoms with Crippen molar-refractivity contribution in [1.29, 1.82) is 0 Å². The van der Waals surface area contributed by atoms with Gasteiger partial charge in [-0.2, -0.15) is 0 Å². The minimum absolute atomic E-state index is 0.222. The van der Waals surface area contributed by atoms with Crippen LogP contribution in [0.4, 0.5) is 4.39 Å². The molecule has 1 rings (SSSR count). The van der Waals surface area contributed by atoms with Crippen LogP contribution in [0.15, 0.2) is 18.2 Å². The molecule has 0 aliphatic carbocycles. The van der Waals surface area contributed by atoms with E-state index in [1.54, 1.807) is 12.1 Å². The van der Waals surface area contributed by atoms with Crippen molar-refractivity contribution in [3.05, 3.63) is 35.1 Å². The summed E-state index contributed by atoms with van der Waals surface area (Å²) in [5.41, 5.74) is 1.61. The molecule has 0 heterocycles. The van der Waals surface area contributed by atoms with Crippen LogP contribution in [0.5, 0.6) is 0 Å². The van der Waals surface area contributed by atoms with E-state index in [0.717, 1.165) is 5.56 Å². The Morgan fingerprint density at radius 1 is 1.50 bits per heavy atom. The van der Waals surface area contributed by atoms with Crippen molar-refractivity contribution in [2.75, 3.05) is 0 Å². The smallest absolute Gasteiger partial charge is 0.127 e. The van der Waals surface area contributed by atoms with E-state index in [0.29, 0.717) is 5.56 Å². The molecule has 0 saturated heterocycles. The first kappa shape index (κ1) is 7.55. The molecule has 54 valence electrons. The Morgan fingerprint density at radius 3 is 2.70 bits per heavy atom. The molecule has 10 heavy (non-hydrogen) atoms. The molecule has 0 saturated carbocycles. The van der Waals surface area contributed by atoms with Gasteiger partial charge in [0, 0.05) is 5.56 Å². The lowest BCUT2D eigenvalue weighted by atomic mass is 10.1. The molecular formula is C8H8ClF. The molecule has 0 aliphatic heterocycles. The molecule has 0 spiro atoms. The Hall–Kier alpha value is -0.560. The minimum atomic E-state index is -0.222. The van der Waals surface area contributed by atoms with Crippen molar-refractivity contribution in [3.8, 4) is 0 Å². The molecule has 0 aromatic heterocycles. The second kappa shape index (κ2) is 3.02. The number of hydrogen-bond acceptors (Lipinski definition) is 0. The Morgan fingerprint density at radius 2 is 2.20 bits per heavy atom. The van der Waals surface area contributed by atoms with Crippen LogP contribution in [-0.4, -0.2) is 0 Å². The lowest BCUT2D eigenvalue weighted by Gasteiger charge is -1.98. The van der Waals surface area contributed by atoms with Gasteiger partial charge in [0.1, 0.15) is 5.82 Å². The Labute approximate surface area is 64.6 Å². The average molecular weight is 159 g/mol. The number of hydrogen-bond donors (Lipinski definition) is 0. The van der Waals surface area contributed by atoms with Gasteiger partial charge >= 0.3 is 0 Å². The Kier molecular flexibility index (Phi) is 2.28. The number of alkyl halides is 1. The summed E-state index contributed by atoms with van der Waals surface area (Å²) in [4.78, 5) is 0. The summed E-state index contributed by atoms with van der Waals surface area (Å²) in [5, 5.41) is 0. The summed E-state index contributed by atoms with van der Waals surface area (Å²) in [7, 11) is 0. The van der Waals surface area contributed by atoms with Crippen molar-refractivity contribution in [2.45, 2.75) is 12.8 Å². The maximum Gasteiger partial charge on any atom is 0.127 e. The fraction of sp³-hybridized carbons (Fsp3) is 0.250. The molecular weight excluding hydrogens is 151 g/mol. The summed E-state index contributed by atoms with van der Waals surface area (Å²) in [6.45, 7) is 1.91. The highest BCUT2D eigenvalue weighted by atomic mass is 35.5. The molecule has 0 unspecified atom stereocenters. The summed E-state index contributed by atoms with van der Waals surface area (Å²) in [6.07, 6.45) is 0. The van der Waals surface area contributed by atoms with Crippen LogP contribution in [0.2, 0.25) is 0 Å². The normalized spacial score (nSPS) is 9.90. The molecule has 0 bridgehead atoms. The quantitative estimate of drug-likeness (QED) is 0.552. The predicted molar refractivity (Wildman–Crippen MR) is 40.7 cm³/mol. The van der Waals surface area contributed by atoms with Gasteiger partial charge in [-0.15, -0.1) is 11.6 Å². The molecule has 0 fully saturated rings. The van der Waals surface area contributed by atoms with Crippen LogP contribution >= 0.6 is 11.6 Å². The fourth-order valence-corrected chi connectivity index (χ4v) is 1.01.